The van der Waals surface area contributed by atoms with Gasteiger partial charge in [0.15, 0.2) is 0 Å². The van der Waals surface area contributed by atoms with E-state index >= 15 is 0 Å². The second kappa shape index (κ2) is 12.0. The van der Waals surface area contributed by atoms with Crippen LogP contribution in [0.15, 0.2) is 42.4 Å². The predicted octanol–water partition coefficient (Wildman–Crippen LogP) is 4.54. The number of thiazole rings is 1. The highest BCUT2D eigenvalue weighted by Gasteiger charge is 2.43. The van der Waals surface area contributed by atoms with E-state index in [0.29, 0.717) is 24.3 Å². The van der Waals surface area contributed by atoms with Gasteiger partial charge in [0, 0.05) is 47.0 Å². The third-order valence-electron chi connectivity index (χ3n) is 7.25. The van der Waals surface area contributed by atoms with E-state index in [-0.39, 0.29) is 12.0 Å². The Morgan fingerprint density at radius 2 is 2.16 bits per heavy atom. The molecule has 0 aliphatic heterocycles. The first-order valence-corrected chi connectivity index (χ1v) is 13.5. The Kier molecular flexibility index (Phi) is 8.79. The fourth-order valence-electron chi connectivity index (χ4n) is 5.22. The number of aliphatic hydroxyl groups excluding tert-OH is 1. The third kappa shape index (κ3) is 5.95. The average Bonchev–Trinajstić information content (AvgIpc) is 3.57. The van der Waals surface area contributed by atoms with Gasteiger partial charge in [-0.05, 0) is 58.2 Å². The number of allylic oxidation sites excluding steroid dienone is 1. The lowest BCUT2D eigenvalue weighted by Gasteiger charge is -2.30. The Bertz CT molecular complexity index is 1230. The van der Waals surface area contributed by atoms with Gasteiger partial charge in [0.2, 0.25) is 5.91 Å². The summed E-state index contributed by atoms with van der Waals surface area (Å²) in [6.45, 7) is 6.46. The molecule has 1 aromatic carbocycles. The first kappa shape index (κ1) is 27.0. The van der Waals surface area contributed by atoms with Crippen LogP contribution in [0, 0.1) is 18.8 Å². The van der Waals surface area contributed by atoms with Crippen molar-refractivity contribution >= 4 is 28.1 Å². The van der Waals surface area contributed by atoms with Crippen LogP contribution >= 0.6 is 11.3 Å². The number of carbonyl (C=O) groups excluding carboxylic acids is 1. The van der Waals surface area contributed by atoms with Crippen molar-refractivity contribution < 1.29 is 19.4 Å². The molecule has 0 saturated heterocycles. The lowest BCUT2D eigenvalue weighted by Crippen LogP contribution is -2.42. The van der Waals surface area contributed by atoms with Gasteiger partial charge in [0.1, 0.15) is 28.4 Å². The number of nitrogens with two attached hydrogens (primary N) is 1. The maximum absolute atomic E-state index is 12.4. The van der Waals surface area contributed by atoms with Crippen molar-refractivity contribution in [1.82, 2.24) is 14.9 Å². The summed E-state index contributed by atoms with van der Waals surface area (Å²) in [5, 5.41) is 14.7. The highest BCUT2D eigenvalue weighted by atomic mass is 32.1. The number of primary amides is 1. The van der Waals surface area contributed by atoms with Crippen LogP contribution in [0.1, 0.15) is 37.7 Å². The van der Waals surface area contributed by atoms with Crippen molar-refractivity contribution in [1.29, 1.82) is 0 Å². The minimum Gasteiger partial charge on any atom is -0.496 e. The van der Waals surface area contributed by atoms with E-state index in [2.05, 4.69) is 11.6 Å². The molecular formula is C28H36N4O4S. The molecule has 8 nitrogen and oxygen atoms in total. The standard InChI is InChI=1S/C28H36N4O4S/c1-5-6-7-8-12-32(3)28(34)21-15-18(14-20(21)26(29)33)36-24-16-22(27-30-11-13-37-27)31-25-17(2)23(35-4)10-9-19(24)25/h5,9-11,13,16,18,20-21,28,34H,1,6-8,12,14-15H2,2-4H3,(H2,29,33)/t18-,20-,21-,28?/m1/s1. The Morgan fingerprint density at radius 1 is 1.35 bits per heavy atom. The number of rotatable bonds is 12. The molecule has 3 N–H and O–H groups in total. The lowest BCUT2D eigenvalue weighted by atomic mass is 9.93. The predicted molar refractivity (Wildman–Crippen MR) is 147 cm³/mol. The van der Waals surface area contributed by atoms with Crippen molar-refractivity contribution in [2.75, 3.05) is 20.7 Å². The first-order chi connectivity index (χ1) is 17.8. The van der Waals surface area contributed by atoms with Gasteiger partial charge < -0.3 is 20.3 Å². The summed E-state index contributed by atoms with van der Waals surface area (Å²) in [4.78, 5) is 23.6. The topological polar surface area (TPSA) is 111 Å². The number of methoxy groups -OCH3 is 1. The number of aliphatic hydroxyl groups is 1. The number of hydrogen-bond donors (Lipinski definition) is 2. The normalized spacial score (nSPS) is 20.3. The lowest BCUT2D eigenvalue weighted by molar-refractivity contribution is -0.126. The Morgan fingerprint density at radius 3 is 2.84 bits per heavy atom. The summed E-state index contributed by atoms with van der Waals surface area (Å²) in [6.07, 6.45) is 6.48. The number of pyridine rings is 1. The SMILES string of the molecule is C=CCCCCN(C)C(O)[C@@H]1C[C@H](Oc2cc(-c3nccs3)nc3c(C)c(OC)ccc23)C[C@H]1C(N)=O. The molecule has 198 valence electrons. The summed E-state index contributed by atoms with van der Waals surface area (Å²) in [5.74, 6) is 0.237. The highest BCUT2D eigenvalue weighted by Crippen LogP contribution is 2.41. The van der Waals surface area contributed by atoms with Gasteiger partial charge >= 0.3 is 0 Å². The number of nitrogens with zero attached hydrogens (tertiary/aromatic N) is 3. The summed E-state index contributed by atoms with van der Waals surface area (Å²) in [5.41, 5.74) is 8.20. The minimum atomic E-state index is -0.776. The van der Waals surface area contributed by atoms with E-state index in [1.54, 1.807) is 13.3 Å². The van der Waals surface area contributed by atoms with E-state index in [1.807, 2.05) is 48.5 Å². The molecule has 1 amide bonds. The van der Waals surface area contributed by atoms with Crippen molar-refractivity contribution in [2.24, 2.45) is 17.6 Å². The largest absolute Gasteiger partial charge is 0.496 e. The molecule has 2 heterocycles. The van der Waals surface area contributed by atoms with Gasteiger partial charge in [-0.1, -0.05) is 6.08 Å². The number of fused-ring (bicyclic) bond motifs is 1. The Hall–Kier alpha value is -3.01. The molecule has 1 saturated carbocycles. The fraction of sp³-hybridized carbons (Fsp3) is 0.464. The molecule has 37 heavy (non-hydrogen) atoms. The molecule has 1 aliphatic carbocycles. The van der Waals surface area contributed by atoms with Crippen LogP contribution in [0.2, 0.25) is 0 Å². The molecule has 4 atom stereocenters. The smallest absolute Gasteiger partial charge is 0.221 e. The van der Waals surface area contributed by atoms with E-state index in [4.69, 9.17) is 20.2 Å². The number of aromatic nitrogens is 2. The molecule has 2 aromatic heterocycles. The Labute approximate surface area is 222 Å². The molecule has 4 rings (SSSR count). The summed E-state index contributed by atoms with van der Waals surface area (Å²) >= 11 is 1.51. The van der Waals surface area contributed by atoms with E-state index in [9.17, 15) is 9.90 Å². The molecule has 1 unspecified atom stereocenters. The van der Waals surface area contributed by atoms with Crippen LogP contribution in [0.4, 0.5) is 0 Å². The second-order valence-corrected chi connectivity index (χ2v) is 10.6. The van der Waals surface area contributed by atoms with E-state index in [1.165, 1.54) is 11.3 Å². The summed E-state index contributed by atoms with van der Waals surface area (Å²) < 4.78 is 12.1. The fourth-order valence-corrected chi connectivity index (χ4v) is 5.82. The zero-order valence-corrected chi connectivity index (χ0v) is 22.5. The average molecular weight is 525 g/mol. The van der Waals surface area contributed by atoms with Gasteiger partial charge in [-0.2, -0.15) is 0 Å². The molecule has 1 fully saturated rings. The van der Waals surface area contributed by atoms with E-state index in [0.717, 1.165) is 53.0 Å². The number of amides is 1. The van der Waals surface area contributed by atoms with Crippen molar-refractivity contribution in [3.8, 4) is 22.2 Å². The minimum absolute atomic E-state index is 0.275. The molecule has 1 aliphatic rings. The first-order valence-electron chi connectivity index (χ1n) is 12.7. The van der Waals surface area contributed by atoms with Gasteiger partial charge in [0.05, 0.1) is 18.7 Å². The maximum Gasteiger partial charge on any atom is 0.221 e. The molecular weight excluding hydrogens is 488 g/mol. The monoisotopic (exact) mass is 524 g/mol. The van der Waals surface area contributed by atoms with Crippen LogP contribution in [0.25, 0.3) is 21.6 Å². The van der Waals surface area contributed by atoms with Gasteiger partial charge in [-0.3, -0.25) is 9.69 Å². The highest BCUT2D eigenvalue weighted by molar-refractivity contribution is 7.13. The molecule has 0 spiro atoms. The molecule has 3 aromatic rings. The van der Waals surface area contributed by atoms with Crippen LogP contribution < -0.4 is 15.2 Å². The van der Waals surface area contributed by atoms with E-state index < -0.39 is 18.1 Å². The zero-order valence-electron chi connectivity index (χ0n) is 21.7. The molecule has 9 heteroatoms. The number of benzene rings is 1. The number of ether oxygens (including phenoxy) is 2. The van der Waals surface area contributed by atoms with Gasteiger partial charge in [-0.25, -0.2) is 9.97 Å². The zero-order chi connectivity index (χ0) is 26.5. The number of carbonyl (C=O) groups is 1. The third-order valence-corrected chi connectivity index (χ3v) is 8.05. The summed E-state index contributed by atoms with van der Waals surface area (Å²) in [6, 6.07) is 5.75. The number of hydrogen-bond acceptors (Lipinski definition) is 8. The maximum atomic E-state index is 12.4. The van der Waals surface area contributed by atoms with Crippen molar-refractivity contribution in [2.45, 2.75) is 51.4 Å². The Balaban J connectivity index is 1.60. The second-order valence-electron chi connectivity index (χ2n) is 9.69. The van der Waals surface area contributed by atoms with Crippen molar-refractivity contribution in [3.63, 3.8) is 0 Å². The van der Waals surface area contributed by atoms with Gasteiger partial charge in [-0.15, -0.1) is 17.9 Å². The quantitative estimate of drug-likeness (QED) is 0.203. The molecule has 0 radical (unpaired) electrons. The summed E-state index contributed by atoms with van der Waals surface area (Å²) in [7, 11) is 3.53. The van der Waals surface area contributed by atoms with Crippen molar-refractivity contribution in [3.05, 3.63) is 48.0 Å². The number of aryl methyl sites for hydroxylation is 1. The van der Waals surface area contributed by atoms with Crippen LogP contribution in [0.3, 0.4) is 0 Å². The molecule has 0 bridgehead atoms. The van der Waals surface area contributed by atoms with Crippen LogP contribution in [-0.2, 0) is 4.79 Å². The van der Waals surface area contributed by atoms with Crippen LogP contribution in [-0.4, -0.2) is 58.9 Å². The van der Waals surface area contributed by atoms with Gasteiger partial charge in [0.25, 0.3) is 0 Å². The van der Waals surface area contributed by atoms with Crippen LogP contribution in [0.5, 0.6) is 11.5 Å². The number of unbranched alkanes of at least 4 members (excludes halogenated alkanes) is 2.